The van der Waals surface area contributed by atoms with Crippen molar-refractivity contribution < 1.29 is 43.2 Å². The Bertz CT molecular complexity index is 2640. The van der Waals surface area contributed by atoms with Crippen LogP contribution in [-0.4, -0.2) is 84.3 Å². The largest absolute Gasteiger partial charge is 0.478 e. The maximum absolute atomic E-state index is 12.7. The van der Waals surface area contributed by atoms with Crippen molar-refractivity contribution in [3.8, 4) is 34.0 Å². The van der Waals surface area contributed by atoms with Crippen LogP contribution in [0.5, 0.6) is 11.8 Å². The third kappa shape index (κ3) is 10.5. The summed E-state index contributed by atoms with van der Waals surface area (Å²) in [6.07, 6.45) is 11.6. The van der Waals surface area contributed by atoms with Crippen molar-refractivity contribution in [1.82, 2.24) is 29.5 Å². The van der Waals surface area contributed by atoms with Crippen LogP contribution in [0.2, 0.25) is 0 Å². The normalized spacial score (nSPS) is 14.6. The van der Waals surface area contributed by atoms with E-state index in [4.69, 9.17) is 34.1 Å². The number of hydrogen-bond acceptors (Lipinski definition) is 12. The molecule has 8 rings (SSSR count). The van der Waals surface area contributed by atoms with Gasteiger partial charge in [-0.1, -0.05) is 74.9 Å². The summed E-state index contributed by atoms with van der Waals surface area (Å²) in [5.41, 5.74) is 5.50. The van der Waals surface area contributed by atoms with Crippen LogP contribution < -0.4 is 9.47 Å². The fraction of sp³-hybridized carbons (Fsp3) is 0.440. The fourth-order valence-corrected chi connectivity index (χ4v) is 8.59. The molecule has 342 valence electrons. The summed E-state index contributed by atoms with van der Waals surface area (Å²) in [4.78, 5) is 57.2. The first-order valence-electron chi connectivity index (χ1n) is 22.8. The highest BCUT2D eigenvalue weighted by molar-refractivity contribution is 6.03. The SMILES string of the molecule is CCOC(=O)c1cc(-c2ccc(C(=O)O)cc2)c2c(OC(C)C)nn(C3CCCCC3)c2n1.CCOC(=O)c1cc(-c2ccc(C=O)cc2)c2c(OC(C)C)nn(C3CCCCC3)c2n1. The first-order chi connectivity index (χ1) is 31.4. The van der Waals surface area contributed by atoms with E-state index in [0.717, 1.165) is 79.7 Å². The number of benzene rings is 2. The number of carboxylic acids is 1. The molecule has 4 aromatic heterocycles. The standard InChI is InChI=1S/C25H29N3O5.C25H29N3O4/c1-4-32-25(31)20-14-19(16-10-12-17(13-11-16)24(29)30)21-22(26-20)28(18-8-6-5-7-9-18)27-23(21)33-15(2)3;1-4-31-25(30)21-14-20(18-12-10-17(15-29)11-13-18)22-23(26-21)28(19-8-6-5-7-9-19)27-24(22)32-16(2)3/h10-15,18H,4-9H2,1-3H3,(H,29,30);10-16,19H,4-9H2,1-3H3. The van der Waals surface area contributed by atoms with Crippen molar-refractivity contribution in [1.29, 1.82) is 0 Å². The number of carbonyl (C=O) groups is 4. The van der Waals surface area contributed by atoms with Gasteiger partial charge >= 0.3 is 17.9 Å². The van der Waals surface area contributed by atoms with Crippen LogP contribution in [0.4, 0.5) is 0 Å². The predicted molar refractivity (Wildman–Crippen MR) is 246 cm³/mol. The van der Waals surface area contributed by atoms with Gasteiger partial charge in [-0.2, -0.15) is 0 Å². The van der Waals surface area contributed by atoms with Gasteiger partial charge in [0.25, 0.3) is 0 Å². The second kappa shape index (κ2) is 20.9. The highest BCUT2D eigenvalue weighted by atomic mass is 16.5. The second-order valence-electron chi connectivity index (χ2n) is 17.0. The van der Waals surface area contributed by atoms with E-state index in [1.807, 2.05) is 49.2 Å². The molecule has 0 atom stereocenters. The van der Waals surface area contributed by atoms with E-state index in [-0.39, 0.29) is 54.5 Å². The molecule has 15 heteroatoms. The molecule has 4 heterocycles. The van der Waals surface area contributed by atoms with Crippen molar-refractivity contribution in [3.05, 3.63) is 83.2 Å². The molecule has 0 radical (unpaired) electrons. The van der Waals surface area contributed by atoms with Gasteiger partial charge in [0.2, 0.25) is 11.8 Å². The molecule has 0 aliphatic heterocycles. The number of fused-ring (bicyclic) bond motifs is 2. The van der Waals surface area contributed by atoms with Gasteiger partial charge in [0.1, 0.15) is 6.29 Å². The summed E-state index contributed by atoms with van der Waals surface area (Å²) < 4.78 is 26.5. The quantitative estimate of drug-likeness (QED) is 0.0805. The van der Waals surface area contributed by atoms with Crippen LogP contribution in [0.3, 0.4) is 0 Å². The van der Waals surface area contributed by atoms with E-state index in [1.54, 1.807) is 62.4 Å². The van der Waals surface area contributed by atoms with Crippen LogP contribution in [0, 0.1) is 0 Å². The van der Waals surface area contributed by atoms with Crippen molar-refractivity contribution in [2.24, 2.45) is 0 Å². The molecular weight excluding hydrogens is 829 g/mol. The van der Waals surface area contributed by atoms with Gasteiger partial charge in [-0.25, -0.2) is 33.7 Å². The average Bonchev–Trinajstić information content (AvgIpc) is 3.86. The zero-order chi connectivity index (χ0) is 46.2. The van der Waals surface area contributed by atoms with Gasteiger partial charge in [-0.15, -0.1) is 10.2 Å². The Morgan fingerprint density at radius 3 is 1.40 bits per heavy atom. The third-order valence-electron chi connectivity index (χ3n) is 11.6. The molecule has 2 aliphatic carbocycles. The zero-order valence-corrected chi connectivity index (χ0v) is 38.0. The first kappa shape index (κ1) is 46.4. The Morgan fingerprint density at radius 1 is 0.646 bits per heavy atom. The van der Waals surface area contributed by atoms with Crippen LogP contribution in [-0.2, 0) is 9.47 Å². The molecule has 0 saturated heterocycles. The minimum atomic E-state index is -0.998. The molecule has 0 spiro atoms. The summed E-state index contributed by atoms with van der Waals surface area (Å²) in [5, 5.41) is 20.4. The Hall–Kier alpha value is -6.64. The number of carbonyl (C=O) groups excluding carboxylic acids is 3. The average molecular weight is 887 g/mol. The second-order valence-corrected chi connectivity index (χ2v) is 17.0. The number of pyridine rings is 2. The number of nitrogens with zero attached hydrogens (tertiary/aromatic N) is 6. The highest BCUT2D eigenvalue weighted by Gasteiger charge is 2.29. The van der Waals surface area contributed by atoms with E-state index >= 15 is 0 Å². The number of hydrogen-bond donors (Lipinski definition) is 1. The number of rotatable bonds is 14. The molecular formula is C50H58N6O9. The van der Waals surface area contributed by atoms with E-state index in [9.17, 15) is 24.3 Å². The molecule has 1 N–H and O–H groups in total. The number of aromatic nitrogens is 6. The Balaban J connectivity index is 0.000000194. The molecule has 15 nitrogen and oxygen atoms in total. The molecule has 2 saturated carbocycles. The van der Waals surface area contributed by atoms with Gasteiger partial charge in [-0.05, 0) is 103 Å². The summed E-state index contributed by atoms with van der Waals surface area (Å²) in [7, 11) is 0. The van der Waals surface area contributed by atoms with Crippen LogP contribution >= 0.6 is 0 Å². The van der Waals surface area contributed by atoms with Gasteiger partial charge < -0.3 is 24.1 Å². The minimum absolute atomic E-state index is 0.0667. The summed E-state index contributed by atoms with van der Waals surface area (Å²) in [6, 6.07) is 17.6. The molecule has 2 fully saturated rings. The van der Waals surface area contributed by atoms with E-state index < -0.39 is 17.9 Å². The van der Waals surface area contributed by atoms with Crippen molar-refractivity contribution >= 4 is 46.3 Å². The fourth-order valence-electron chi connectivity index (χ4n) is 8.59. The van der Waals surface area contributed by atoms with Crippen molar-refractivity contribution in [2.45, 2.75) is 130 Å². The molecule has 65 heavy (non-hydrogen) atoms. The monoisotopic (exact) mass is 886 g/mol. The summed E-state index contributed by atoms with van der Waals surface area (Å²) in [6.45, 7) is 11.8. The van der Waals surface area contributed by atoms with E-state index in [1.165, 1.54) is 12.8 Å². The van der Waals surface area contributed by atoms with Crippen molar-refractivity contribution in [2.75, 3.05) is 13.2 Å². The molecule has 6 aromatic rings. The van der Waals surface area contributed by atoms with Crippen LogP contribution in [0.15, 0.2) is 60.7 Å². The number of carboxylic acid groups (broad SMARTS) is 1. The topological polar surface area (TPSA) is 187 Å². The number of aromatic carboxylic acids is 1. The zero-order valence-electron chi connectivity index (χ0n) is 38.0. The molecule has 0 amide bonds. The summed E-state index contributed by atoms with van der Waals surface area (Å²) in [5.74, 6) is -1.00. The Kier molecular flexibility index (Phi) is 14.9. The van der Waals surface area contributed by atoms with Crippen LogP contribution in [0.1, 0.15) is 160 Å². The van der Waals surface area contributed by atoms with Crippen LogP contribution in [0.25, 0.3) is 44.3 Å². The Labute approximate surface area is 378 Å². The van der Waals surface area contributed by atoms with Gasteiger partial charge in [0.15, 0.2) is 22.7 Å². The molecule has 0 unspecified atom stereocenters. The smallest absolute Gasteiger partial charge is 0.357 e. The Morgan fingerprint density at radius 2 is 1.05 bits per heavy atom. The lowest BCUT2D eigenvalue weighted by Crippen LogP contribution is -2.16. The summed E-state index contributed by atoms with van der Waals surface area (Å²) >= 11 is 0. The van der Waals surface area contributed by atoms with E-state index in [2.05, 4.69) is 4.98 Å². The first-order valence-corrected chi connectivity index (χ1v) is 22.8. The van der Waals surface area contributed by atoms with E-state index in [0.29, 0.717) is 39.6 Å². The molecule has 2 aliphatic rings. The lowest BCUT2D eigenvalue weighted by Gasteiger charge is -2.22. The number of aldehydes is 1. The molecule has 0 bridgehead atoms. The third-order valence-corrected chi connectivity index (χ3v) is 11.6. The number of ether oxygens (including phenoxy) is 4. The van der Waals surface area contributed by atoms with Crippen molar-refractivity contribution in [3.63, 3.8) is 0 Å². The highest BCUT2D eigenvalue weighted by Crippen LogP contribution is 2.41. The number of esters is 2. The molecule has 2 aromatic carbocycles. The lowest BCUT2D eigenvalue weighted by atomic mass is 9.95. The van der Waals surface area contributed by atoms with Gasteiger partial charge in [-0.3, -0.25) is 4.79 Å². The predicted octanol–water partition coefficient (Wildman–Crippen LogP) is 10.6. The maximum Gasteiger partial charge on any atom is 0.357 e. The minimum Gasteiger partial charge on any atom is -0.478 e. The maximum atomic E-state index is 12.7. The lowest BCUT2D eigenvalue weighted by molar-refractivity contribution is 0.0510. The van der Waals surface area contributed by atoms with Gasteiger partial charge in [0.05, 0.1) is 53.8 Å². The van der Waals surface area contributed by atoms with Gasteiger partial charge in [0, 0.05) is 16.7 Å².